The molecule has 0 fully saturated rings. The summed E-state index contributed by atoms with van der Waals surface area (Å²) < 4.78 is 43.1. The third-order valence-corrected chi connectivity index (χ3v) is 0. The van der Waals surface area contributed by atoms with Crippen LogP contribution >= 0.6 is 0 Å². The van der Waals surface area contributed by atoms with E-state index < -0.39 is 30.3 Å². The van der Waals surface area contributed by atoms with Gasteiger partial charge in [-0.1, -0.05) is 0 Å². The standard InChI is InChI=1S/2Cu.FHO2Si.HIO3/c;;1-4(2)3;2-1(3)4/h;;2*2H. The summed E-state index contributed by atoms with van der Waals surface area (Å²) in [5.74, 6) is 0. The maximum atomic E-state index is 10.1. The van der Waals surface area contributed by atoms with Gasteiger partial charge >= 0.3 is 30.3 Å². The summed E-state index contributed by atoms with van der Waals surface area (Å²) in [6.07, 6.45) is 0. The molecule has 0 saturated carbocycles. The summed E-state index contributed by atoms with van der Waals surface area (Å²) in [7, 11) is -3.63. The van der Waals surface area contributed by atoms with Crippen molar-refractivity contribution in [3.8, 4) is 0 Å². The van der Waals surface area contributed by atoms with Gasteiger partial charge in [-0.2, -0.15) is 4.11 Å². The van der Waals surface area contributed by atoms with Crippen LogP contribution in [0.2, 0.25) is 0 Å². The SMILES string of the molecule is O=[Si](O)F.[Cu].[Cu].[O-][I+2]([O-])O. The van der Waals surface area contributed by atoms with Gasteiger partial charge in [-0.25, -0.2) is 0 Å². The van der Waals surface area contributed by atoms with Crippen LogP contribution in [0.3, 0.4) is 0 Å². The molecule has 2 radical (unpaired) electrons. The summed E-state index contributed by atoms with van der Waals surface area (Å²) in [5.41, 5.74) is 0. The predicted octanol–water partition coefficient (Wildman–Crippen LogP) is -6.57. The van der Waals surface area contributed by atoms with Crippen LogP contribution in [0.1, 0.15) is 0 Å². The van der Waals surface area contributed by atoms with Crippen molar-refractivity contribution in [2.45, 2.75) is 0 Å². The Kier molecular flexibility index (Phi) is 37.8. The van der Waals surface area contributed by atoms with Gasteiger partial charge in [0, 0.05) is 34.1 Å². The van der Waals surface area contributed by atoms with Crippen LogP contribution in [0, 0.1) is 0 Å². The average molecular weight is 383 g/mol. The number of hydrogen-bond donors (Lipinski definition) is 2. The molecule has 0 aliphatic carbocycles. The molecule has 10 heavy (non-hydrogen) atoms. The molecular formula is H2Cu2FIO5Si. The first-order valence-electron chi connectivity index (χ1n) is 1.09. The van der Waals surface area contributed by atoms with E-state index in [1.165, 1.54) is 0 Å². The first kappa shape index (κ1) is 22.5. The van der Waals surface area contributed by atoms with Crippen molar-refractivity contribution in [3.63, 3.8) is 0 Å². The minimum atomic E-state index is -3.76. The molecule has 0 bridgehead atoms. The fraction of sp³-hybridized carbons (Fsp3) is 0. The van der Waals surface area contributed by atoms with Crippen molar-refractivity contribution in [1.29, 1.82) is 0 Å². The molecule has 72 valence electrons. The van der Waals surface area contributed by atoms with Gasteiger partial charge in [-0.15, -0.1) is 0 Å². The normalized spacial score (nSPS) is 6.10. The van der Waals surface area contributed by atoms with Gasteiger partial charge < -0.3 is 11.7 Å². The maximum absolute atomic E-state index is 10.1. The van der Waals surface area contributed by atoms with Crippen molar-refractivity contribution in [2.24, 2.45) is 0 Å². The molecule has 0 aliphatic rings. The van der Waals surface area contributed by atoms with Gasteiger partial charge in [0.1, 0.15) is 0 Å². The zero-order chi connectivity index (χ0) is 7.15. The topological polar surface area (TPSA) is 104 Å². The fourth-order valence-electron chi connectivity index (χ4n) is 0. The average Bonchev–Trinajstić information content (AvgIpc) is 1.25. The zero-order valence-corrected chi connectivity index (χ0v) is 9.02. The molecule has 0 aliphatic heterocycles. The minimum Gasteiger partial charge on any atom is -0.517 e. The minimum absolute atomic E-state index is 0. The van der Waals surface area contributed by atoms with E-state index in [2.05, 4.69) is 0 Å². The Hall–Kier alpha value is 1.40. The van der Waals surface area contributed by atoms with Crippen LogP contribution in [0.4, 0.5) is 4.11 Å². The second-order valence-electron chi connectivity index (χ2n) is 0.454. The van der Waals surface area contributed by atoms with Crippen LogP contribution in [0.25, 0.3) is 0 Å². The third kappa shape index (κ3) is 340. The molecule has 0 saturated heterocycles. The quantitative estimate of drug-likeness (QED) is 0.246. The summed E-state index contributed by atoms with van der Waals surface area (Å²) in [4.78, 5) is 6.94. The van der Waals surface area contributed by atoms with E-state index in [0.717, 1.165) is 0 Å². The monoisotopic (exact) mass is 382 g/mol. The Balaban J connectivity index is -0.0000000300. The van der Waals surface area contributed by atoms with E-state index >= 15 is 0 Å². The number of hydrogen-bond acceptors (Lipinski definition) is 4. The van der Waals surface area contributed by atoms with Crippen LogP contribution in [-0.4, -0.2) is 17.5 Å². The molecule has 0 aromatic carbocycles. The zero-order valence-electron chi connectivity index (χ0n) is 3.98. The van der Waals surface area contributed by atoms with Crippen molar-refractivity contribution in [2.75, 3.05) is 0 Å². The molecule has 0 unspecified atom stereocenters. The summed E-state index contributed by atoms with van der Waals surface area (Å²) >= 11 is -3.76. The van der Waals surface area contributed by atoms with Gasteiger partial charge in [-0.05, 0) is 3.44 Å². The molecule has 0 aromatic heterocycles. The second-order valence-corrected chi connectivity index (χ2v) is 2.11. The van der Waals surface area contributed by atoms with E-state index in [9.17, 15) is 4.11 Å². The molecule has 5 nitrogen and oxygen atoms in total. The second kappa shape index (κ2) is 16.8. The predicted molar refractivity (Wildman–Crippen MR) is 12.0 cm³/mol. The van der Waals surface area contributed by atoms with E-state index in [-0.39, 0.29) is 34.1 Å². The summed E-state index contributed by atoms with van der Waals surface area (Å²) in [6.45, 7) is 0. The molecule has 0 rings (SSSR count). The molecule has 0 atom stereocenters. The molecule has 2 N–H and O–H groups in total. The van der Waals surface area contributed by atoms with Gasteiger partial charge in [0.05, 0.1) is 0 Å². The van der Waals surface area contributed by atoms with Gasteiger partial charge in [0.25, 0.3) is 0 Å². The summed E-state index contributed by atoms with van der Waals surface area (Å²) in [6, 6.07) is 0. The molecule has 0 amide bonds. The van der Waals surface area contributed by atoms with E-state index in [1.807, 2.05) is 0 Å². The van der Waals surface area contributed by atoms with Crippen molar-refractivity contribution >= 4 is 9.26 Å². The Morgan fingerprint density at radius 3 is 1.40 bits per heavy atom. The van der Waals surface area contributed by atoms with Crippen molar-refractivity contribution < 1.29 is 78.9 Å². The van der Waals surface area contributed by atoms with E-state index in [4.69, 9.17) is 19.6 Å². The first-order valence-corrected chi connectivity index (χ1v) is 5.05. The molecule has 0 heterocycles. The van der Waals surface area contributed by atoms with Crippen molar-refractivity contribution in [1.82, 2.24) is 0 Å². The van der Waals surface area contributed by atoms with Crippen molar-refractivity contribution in [3.05, 3.63) is 0 Å². The Bertz CT molecular complexity index is 63.9. The molecule has 0 spiro atoms. The van der Waals surface area contributed by atoms with E-state index in [1.54, 1.807) is 0 Å². The Morgan fingerprint density at radius 2 is 1.40 bits per heavy atom. The first-order chi connectivity index (χ1) is 3.46. The van der Waals surface area contributed by atoms with Crippen LogP contribution in [-0.2, 0) is 38.6 Å². The Morgan fingerprint density at radius 1 is 1.40 bits per heavy atom. The van der Waals surface area contributed by atoms with Gasteiger partial charge in [0.2, 0.25) is 0 Å². The number of rotatable bonds is 0. The molecular weight excluding hydrogens is 381 g/mol. The largest absolute Gasteiger partial charge is 0.734 e. The van der Waals surface area contributed by atoms with Crippen LogP contribution < -0.4 is 27.9 Å². The molecule has 0 aromatic rings. The van der Waals surface area contributed by atoms with Gasteiger partial charge in [-0.3, -0.25) is 4.46 Å². The fourth-order valence-corrected chi connectivity index (χ4v) is 0. The number of halogens is 2. The van der Waals surface area contributed by atoms with Crippen LogP contribution in [0.15, 0.2) is 0 Å². The van der Waals surface area contributed by atoms with E-state index in [0.29, 0.717) is 0 Å². The maximum Gasteiger partial charge on any atom is 0.734 e. The van der Waals surface area contributed by atoms with Gasteiger partial charge in [0.15, 0.2) is 0 Å². The van der Waals surface area contributed by atoms with Crippen LogP contribution in [0.5, 0.6) is 0 Å². The third-order valence-electron chi connectivity index (χ3n) is 0. The Labute approximate surface area is 87.6 Å². The summed E-state index contributed by atoms with van der Waals surface area (Å²) in [5, 5.41) is 0. The molecule has 10 heteroatoms. The smallest absolute Gasteiger partial charge is 0.517 e.